The van der Waals surface area contributed by atoms with E-state index in [0.717, 1.165) is 25.7 Å². The van der Waals surface area contributed by atoms with Crippen LogP contribution in [0.1, 0.15) is 49.9 Å². The molecule has 0 unspecified atom stereocenters. The van der Waals surface area contributed by atoms with Crippen LogP contribution in [0.5, 0.6) is 0 Å². The molecule has 1 aliphatic heterocycles. The Morgan fingerprint density at radius 1 is 1.43 bits per heavy atom. The normalized spacial score (nSPS) is 18.8. The zero-order chi connectivity index (χ0) is 15.2. The fraction of sp³-hybridized carbons (Fsp3) is 0.625. The highest BCUT2D eigenvalue weighted by atomic mass is 16.3. The zero-order valence-electron chi connectivity index (χ0n) is 12.8. The highest BCUT2D eigenvalue weighted by molar-refractivity contribution is 5.97. The second-order valence-electron chi connectivity index (χ2n) is 6.00. The molecule has 21 heavy (non-hydrogen) atoms. The first kappa shape index (κ1) is 15.6. The maximum Gasteiger partial charge on any atom is 0.257 e. The van der Waals surface area contributed by atoms with Gasteiger partial charge in [0.05, 0.1) is 11.8 Å². The molecule has 1 aromatic heterocycles. The number of hydrogen-bond donors (Lipinski definition) is 1. The van der Waals surface area contributed by atoms with Gasteiger partial charge in [0, 0.05) is 13.1 Å². The van der Waals surface area contributed by atoms with Crippen LogP contribution in [0.25, 0.3) is 0 Å². The van der Waals surface area contributed by atoms with E-state index in [2.05, 4.69) is 19.2 Å². The molecule has 0 radical (unpaired) electrons. The lowest BCUT2D eigenvalue weighted by molar-refractivity contribution is -0.126. The average molecular weight is 292 g/mol. The third kappa shape index (κ3) is 4.09. The predicted octanol–water partition coefficient (Wildman–Crippen LogP) is 2.44. The Morgan fingerprint density at radius 3 is 2.90 bits per heavy atom. The number of carbonyl (C=O) groups excluding carboxylic acids is 2. The van der Waals surface area contributed by atoms with Gasteiger partial charge in [0.1, 0.15) is 12.3 Å². The van der Waals surface area contributed by atoms with Crippen molar-refractivity contribution in [3.05, 3.63) is 24.2 Å². The third-order valence-electron chi connectivity index (χ3n) is 3.86. The second kappa shape index (κ2) is 7.29. The second-order valence-corrected chi connectivity index (χ2v) is 6.00. The third-order valence-corrected chi connectivity index (χ3v) is 3.86. The van der Waals surface area contributed by atoms with Crippen LogP contribution in [-0.2, 0) is 4.79 Å². The van der Waals surface area contributed by atoms with Crippen LogP contribution in [0.4, 0.5) is 0 Å². The largest absolute Gasteiger partial charge is 0.472 e. The minimum absolute atomic E-state index is 0.0350. The summed E-state index contributed by atoms with van der Waals surface area (Å²) in [5.41, 5.74) is 0.511. The summed E-state index contributed by atoms with van der Waals surface area (Å²) in [5, 5.41) is 2.96. The van der Waals surface area contributed by atoms with Crippen LogP contribution in [0.15, 0.2) is 23.0 Å². The Labute approximate surface area is 125 Å². The van der Waals surface area contributed by atoms with E-state index >= 15 is 0 Å². The fourth-order valence-corrected chi connectivity index (χ4v) is 2.60. The lowest BCUT2D eigenvalue weighted by atomic mass is 10.00. The SMILES string of the molecule is CC(C)CCNC(=O)[C@@H]1CCCCN1C(=O)c1ccoc1. The zero-order valence-corrected chi connectivity index (χ0v) is 12.8. The molecule has 1 aromatic rings. The van der Waals surface area contributed by atoms with Crippen LogP contribution in [-0.4, -0.2) is 35.8 Å². The van der Waals surface area contributed by atoms with Crippen LogP contribution in [0.2, 0.25) is 0 Å². The van der Waals surface area contributed by atoms with Crippen LogP contribution >= 0.6 is 0 Å². The van der Waals surface area contributed by atoms with Gasteiger partial charge >= 0.3 is 0 Å². The predicted molar refractivity (Wildman–Crippen MR) is 79.8 cm³/mol. The molecular weight excluding hydrogens is 268 g/mol. The van der Waals surface area contributed by atoms with Gasteiger partial charge in [0.2, 0.25) is 5.91 Å². The number of rotatable bonds is 5. The molecule has 5 nitrogen and oxygen atoms in total. The Morgan fingerprint density at radius 2 is 2.24 bits per heavy atom. The first-order valence-electron chi connectivity index (χ1n) is 7.70. The molecular formula is C16H24N2O3. The van der Waals surface area contributed by atoms with E-state index in [1.165, 1.54) is 12.5 Å². The maximum absolute atomic E-state index is 12.4. The molecule has 2 amide bonds. The standard InChI is InChI=1S/C16H24N2O3/c1-12(2)6-8-17-15(19)14-5-3-4-9-18(14)16(20)13-7-10-21-11-13/h7,10-12,14H,3-6,8-9H2,1-2H3,(H,17,19)/t14-/m0/s1. The molecule has 0 bridgehead atoms. The van der Waals surface area contributed by atoms with E-state index in [9.17, 15) is 9.59 Å². The van der Waals surface area contributed by atoms with Gasteiger partial charge in [-0.3, -0.25) is 9.59 Å². The van der Waals surface area contributed by atoms with Gasteiger partial charge in [-0.25, -0.2) is 0 Å². The van der Waals surface area contributed by atoms with Gasteiger partial charge in [-0.2, -0.15) is 0 Å². The topological polar surface area (TPSA) is 62.6 Å². The summed E-state index contributed by atoms with van der Waals surface area (Å²) in [5.74, 6) is 0.403. The molecule has 1 saturated heterocycles. The summed E-state index contributed by atoms with van der Waals surface area (Å²) in [6.45, 7) is 5.55. The average Bonchev–Trinajstić information content (AvgIpc) is 3.00. The van der Waals surface area contributed by atoms with Crippen molar-refractivity contribution in [3.63, 3.8) is 0 Å². The Bertz CT molecular complexity index is 468. The molecule has 1 aliphatic rings. The highest BCUT2D eigenvalue weighted by Crippen LogP contribution is 2.20. The summed E-state index contributed by atoms with van der Waals surface area (Å²) >= 11 is 0. The van der Waals surface area contributed by atoms with Crippen molar-refractivity contribution < 1.29 is 14.0 Å². The highest BCUT2D eigenvalue weighted by Gasteiger charge is 2.32. The van der Waals surface area contributed by atoms with Crippen molar-refractivity contribution in [1.29, 1.82) is 0 Å². The first-order valence-corrected chi connectivity index (χ1v) is 7.70. The van der Waals surface area contributed by atoms with E-state index < -0.39 is 0 Å². The Hall–Kier alpha value is -1.78. The molecule has 0 aliphatic carbocycles. The molecule has 1 N–H and O–H groups in total. The molecule has 0 aromatic carbocycles. The van der Waals surface area contributed by atoms with E-state index in [0.29, 0.717) is 24.6 Å². The molecule has 5 heteroatoms. The quantitative estimate of drug-likeness (QED) is 0.906. The fourth-order valence-electron chi connectivity index (χ4n) is 2.60. The number of carbonyl (C=O) groups is 2. The molecule has 0 spiro atoms. The summed E-state index contributed by atoms with van der Waals surface area (Å²) < 4.78 is 4.97. The molecule has 1 atom stereocenters. The molecule has 1 fully saturated rings. The summed E-state index contributed by atoms with van der Waals surface area (Å²) in [7, 11) is 0. The molecule has 2 heterocycles. The Kier molecular flexibility index (Phi) is 5.42. The number of piperidine rings is 1. The van der Waals surface area contributed by atoms with E-state index in [-0.39, 0.29) is 17.9 Å². The number of furan rings is 1. The van der Waals surface area contributed by atoms with Gasteiger partial charge in [0.15, 0.2) is 0 Å². The number of nitrogens with zero attached hydrogens (tertiary/aromatic N) is 1. The lowest BCUT2D eigenvalue weighted by Gasteiger charge is -2.34. The van der Waals surface area contributed by atoms with Crippen molar-refractivity contribution in [3.8, 4) is 0 Å². The van der Waals surface area contributed by atoms with E-state index in [4.69, 9.17) is 4.42 Å². The van der Waals surface area contributed by atoms with Crippen molar-refractivity contribution in [2.24, 2.45) is 5.92 Å². The van der Waals surface area contributed by atoms with Crippen molar-refractivity contribution >= 4 is 11.8 Å². The van der Waals surface area contributed by atoms with Gasteiger partial charge in [0.25, 0.3) is 5.91 Å². The van der Waals surface area contributed by atoms with Crippen LogP contribution < -0.4 is 5.32 Å². The number of amides is 2. The maximum atomic E-state index is 12.4. The summed E-state index contributed by atoms with van der Waals surface area (Å²) in [6.07, 6.45) is 6.53. The summed E-state index contributed by atoms with van der Waals surface area (Å²) in [4.78, 5) is 26.5. The van der Waals surface area contributed by atoms with Gasteiger partial charge < -0.3 is 14.6 Å². The molecule has 0 saturated carbocycles. The van der Waals surface area contributed by atoms with Crippen LogP contribution in [0, 0.1) is 5.92 Å². The van der Waals surface area contributed by atoms with Gasteiger partial charge in [-0.1, -0.05) is 13.8 Å². The number of likely N-dealkylation sites (tertiary alicyclic amines) is 1. The van der Waals surface area contributed by atoms with Crippen molar-refractivity contribution in [1.82, 2.24) is 10.2 Å². The van der Waals surface area contributed by atoms with E-state index in [1.807, 2.05) is 0 Å². The number of hydrogen-bond acceptors (Lipinski definition) is 3. The van der Waals surface area contributed by atoms with Gasteiger partial charge in [-0.15, -0.1) is 0 Å². The Balaban J connectivity index is 1.98. The molecule has 2 rings (SSSR count). The minimum Gasteiger partial charge on any atom is -0.472 e. The van der Waals surface area contributed by atoms with Crippen LogP contribution in [0.3, 0.4) is 0 Å². The summed E-state index contributed by atoms with van der Waals surface area (Å²) in [6, 6.07) is 1.29. The number of nitrogens with one attached hydrogen (secondary N) is 1. The molecule has 116 valence electrons. The monoisotopic (exact) mass is 292 g/mol. The lowest BCUT2D eigenvalue weighted by Crippen LogP contribution is -2.52. The minimum atomic E-state index is -0.353. The van der Waals surface area contributed by atoms with Gasteiger partial charge in [-0.05, 0) is 37.7 Å². The van der Waals surface area contributed by atoms with Crippen molar-refractivity contribution in [2.75, 3.05) is 13.1 Å². The first-order chi connectivity index (χ1) is 10.1. The van der Waals surface area contributed by atoms with Crippen molar-refractivity contribution in [2.45, 2.75) is 45.6 Å². The smallest absolute Gasteiger partial charge is 0.257 e. The van der Waals surface area contributed by atoms with E-state index in [1.54, 1.807) is 11.0 Å².